The molecule has 90 valence electrons. The molecule has 1 amide bonds. The number of sulfonamides is 1. The van der Waals surface area contributed by atoms with Gasteiger partial charge in [-0.05, 0) is 18.2 Å². The highest BCUT2D eigenvalue weighted by Gasteiger charge is 2.18. The van der Waals surface area contributed by atoms with Crippen LogP contribution in [0.4, 0.5) is 0 Å². The number of primary amides is 1. The van der Waals surface area contributed by atoms with Crippen molar-refractivity contribution in [3.63, 3.8) is 0 Å². The number of nitrogens with two attached hydrogens (primary N) is 1. The number of nitrogens with one attached hydrogen (secondary N) is 1. The van der Waals surface area contributed by atoms with E-state index in [1.807, 2.05) is 10.8 Å². The molecule has 1 aromatic carbocycles. The molecule has 8 heteroatoms. The smallest absolute Gasteiger partial charge is 0.242 e. The lowest BCUT2D eigenvalue weighted by atomic mass is 10.2. The number of amides is 1. The molecule has 1 aromatic rings. The van der Waals surface area contributed by atoms with Crippen LogP contribution in [0.1, 0.15) is 5.56 Å². The van der Waals surface area contributed by atoms with Crippen molar-refractivity contribution in [2.45, 2.75) is 4.90 Å². The summed E-state index contributed by atoms with van der Waals surface area (Å²) in [6.07, 6.45) is 0. The molecule has 0 spiro atoms. The Morgan fingerprint density at radius 2 is 2.18 bits per heavy atom. The molecular weight excluding hydrogens is 266 g/mol. The molecule has 6 nitrogen and oxygen atoms in total. The van der Waals surface area contributed by atoms with Crippen molar-refractivity contribution in [3.8, 4) is 6.07 Å². The van der Waals surface area contributed by atoms with Crippen molar-refractivity contribution in [1.82, 2.24) is 4.72 Å². The summed E-state index contributed by atoms with van der Waals surface area (Å²) < 4.78 is 25.3. The van der Waals surface area contributed by atoms with Gasteiger partial charge in [-0.2, -0.15) is 5.26 Å². The number of benzene rings is 1. The van der Waals surface area contributed by atoms with Crippen LogP contribution in [0.3, 0.4) is 0 Å². The fraction of sp³-hybridized carbons (Fsp3) is 0.111. The molecule has 0 aliphatic carbocycles. The molecular formula is C9H8ClN3O3S. The summed E-state index contributed by atoms with van der Waals surface area (Å²) >= 11 is 5.72. The van der Waals surface area contributed by atoms with Gasteiger partial charge >= 0.3 is 0 Å². The zero-order valence-corrected chi connectivity index (χ0v) is 10.0. The molecule has 0 radical (unpaired) electrons. The first kappa shape index (κ1) is 13.4. The number of rotatable bonds is 4. The maximum Gasteiger partial charge on any atom is 0.242 e. The minimum atomic E-state index is -3.90. The molecule has 17 heavy (non-hydrogen) atoms. The number of hydrogen-bond acceptors (Lipinski definition) is 4. The van der Waals surface area contributed by atoms with Crippen LogP contribution < -0.4 is 10.5 Å². The average molecular weight is 274 g/mol. The second kappa shape index (κ2) is 5.14. The molecule has 0 aliphatic heterocycles. The molecule has 0 saturated heterocycles. The molecule has 0 fully saturated rings. The number of nitriles is 1. The number of carbonyl (C=O) groups is 1. The zero-order chi connectivity index (χ0) is 13.1. The first-order valence-electron chi connectivity index (χ1n) is 4.34. The summed E-state index contributed by atoms with van der Waals surface area (Å²) in [5, 5.41) is 8.50. The van der Waals surface area contributed by atoms with E-state index >= 15 is 0 Å². The lowest BCUT2D eigenvalue weighted by Gasteiger charge is -2.06. The van der Waals surface area contributed by atoms with E-state index in [1.165, 1.54) is 18.2 Å². The van der Waals surface area contributed by atoms with Gasteiger partial charge in [-0.15, -0.1) is 0 Å². The van der Waals surface area contributed by atoms with Crippen molar-refractivity contribution in [1.29, 1.82) is 5.26 Å². The third kappa shape index (κ3) is 3.42. The van der Waals surface area contributed by atoms with Gasteiger partial charge < -0.3 is 5.73 Å². The highest BCUT2D eigenvalue weighted by Crippen LogP contribution is 2.22. The maximum atomic E-state index is 11.7. The van der Waals surface area contributed by atoms with E-state index in [2.05, 4.69) is 0 Å². The molecule has 0 bridgehead atoms. The minimum Gasteiger partial charge on any atom is -0.369 e. The van der Waals surface area contributed by atoms with Crippen LogP contribution in [-0.4, -0.2) is 20.9 Å². The van der Waals surface area contributed by atoms with Crippen LogP contribution in [0.5, 0.6) is 0 Å². The van der Waals surface area contributed by atoms with Gasteiger partial charge in [0.25, 0.3) is 0 Å². The molecule has 0 saturated carbocycles. The number of halogens is 1. The highest BCUT2D eigenvalue weighted by molar-refractivity contribution is 7.89. The second-order valence-corrected chi connectivity index (χ2v) is 5.19. The first-order chi connectivity index (χ1) is 7.86. The average Bonchev–Trinajstić information content (AvgIpc) is 2.26. The summed E-state index contributed by atoms with van der Waals surface area (Å²) in [5.74, 6) is -0.807. The normalized spacial score (nSPS) is 10.8. The Morgan fingerprint density at radius 3 is 2.65 bits per heavy atom. The molecule has 0 heterocycles. The monoisotopic (exact) mass is 273 g/mol. The van der Waals surface area contributed by atoms with Crippen molar-refractivity contribution >= 4 is 27.5 Å². The quantitative estimate of drug-likeness (QED) is 0.802. The Morgan fingerprint density at radius 1 is 1.53 bits per heavy atom. The highest BCUT2D eigenvalue weighted by atomic mass is 35.5. The lowest BCUT2D eigenvalue weighted by molar-refractivity contribution is -0.116. The van der Waals surface area contributed by atoms with Crippen molar-refractivity contribution in [3.05, 3.63) is 28.8 Å². The van der Waals surface area contributed by atoms with Gasteiger partial charge in [-0.3, -0.25) is 4.79 Å². The van der Waals surface area contributed by atoms with Gasteiger partial charge in [0.05, 0.1) is 23.2 Å². The van der Waals surface area contributed by atoms with E-state index in [-0.39, 0.29) is 15.5 Å². The third-order valence-electron chi connectivity index (χ3n) is 1.79. The standard InChI is InChI=1S/C9H8ClN3O3S/c10-7-3-6(4-11)1-2-8(7)17(15,16)13-5-9(12)14/h1-3,13H,5H2,(H2,12,14). The van der Waals surface area contributed by atoms with E-state index < -0.39 is 22.5 Å². The Balaban J connectivity index is 3.08. The van der Waals surface area contributed by atoms with E-state index in [0.717, 1.165) is 0 Å². The van der Waals surface area contributed by atoms with Gasteiger partial charge in [0, 0.05) is 0 Å². The lowest BCUT2D eigenvalue weighted by Crippen LogP contribution is -2.33. The SMILES string of the molecule is N#Cc1ccc(S(=O)(=O)NCC(N)=O)c(Cl)c1. The van der Waals surface area contributed by atoms with E-state index in [9.17, 15) is 13.2 Å². The topological polar surface area (TPSA) is 113 Å². The molecule has 0 atom stereocenters. The predicted molar refractivity (Wildman–Crippen MR) is 60.5 cm³/mol. The van der Waals surface area contributed by atoms with Crippen molar-refractivity contribution in [2.75, 3.05) is 6.54 Å². The molecule has 0 unspecified atom stereocenters. The Kier molecular flexibility index (Phi) is 4.07. The fourth-order valence-electron chi connectivity index (χ4n) is 1.03. The van der Waals surface area contributed by atoms with Crippen LogP contribution in [-0.2, 0) is 14.8 Å². The number of nitrogens with zero attached hydrogens (tertiary/aromatic N) is 1. The number of carbonyl (C=O) groups excluding carboxylic acids is 1. The minimum absolute atomic E-state index is 0.0963. The van der Waals surface area contributed by atoms with E-state index in [0.29, 0.717) is 0 Å². The third-order valence-corrected chi connectivity index (χ3v) is 3.67. The summed E-state index contributed by atoms with van der Waals surface area (Å²) in [6, 6.07) is 5.54. The van der Waals surface area contributed by atoms with Crippen LogP contribution in [0.2, 0.25) is 5.02 Å². The van der Waals surface area contributed by atoms with Gasteiger partial charge in [0.2, 0.25) is 15.9 Å². The molecule has 0 aromatic heterocycles. The maximum absolute atomic E-state index is 11.7. The first-order valence-corrected chi connectivity index (χ1v) is 6.20. The van der Waals surface area contributed by atoms with Crippen molar-refractivity contribution < 1.29 is 13.2 Å². The Labute approximate surface area is 103 Å². The zero-order valence-electron chi connectivity index (χ0n) is 8.47. The van der Waals surface area contributed by atoms with Gasteiger partial charge in [-0.25, -0.2) is 13.1 Å². The molecule has 1 rings (SSSR count). The summed E-state index contributed by atoms with van der Waals surface area (Å²) in [7, 11) is -3.90. The molecule has 0 aliphatic rings. The van der Waals surface area contributed by atoms with Crippen LogP contribution in [0.25, 0.3) is 0 Å². The van der Waals surface area contributed by atoms with Crippen LogP contribution in [0, 0.1) is 11.3 Å². The van der Waals surface area contributed by atoms with E-state index in [1.54, 1.807) is 0 Å². The van der Waals surface area contributed by atoms with Crippen LogP contribution >= 0.6 is 11.6 Å². The molecule has 3 N–H and O–H groups in total. The second-order valence-electron chi connectivity index (χ2n) is 3.05. The van der Waals surface area contributed by atoms with Gasteiger partial charge in [-0.1, -0.05) is 11.6 Å². The largest absolute Gasteiger partial charge is 0.369 e. The van der Waals surface area contributed by atoms with Gasteiger partial charge in [0.15, 0.2) is 0 Å². The summed E-state index contributed by atoms with van der Waals surface area (Å²) in [5.41, 5.74) is 5.06. The Bertz CT molecular complexity index is 592. The predicted octanol–water partition coefficient (Wildman–Crippen LogP) is -0.0247. The Hall–Kier alpha value is -1.62. The van der Waals surface area contributed by atoms with Crippen LogP contribution in [0.15, 0.2) is 23.1 Å². The fourth-order valence-corrected chi connectivity index (χ4v) is 2.57. The summed E-state index contributed by atoms with van der Waals surface area (Å²) in [4.78, 5) is 10.3. The van der Waals surface area contributed by atoms with Gasteiger partial charge in [0.1, 0.15) is 4.90 Å². The summed E-state index contributed by atoms with van der Waals surface area (Å²) in [6.45, 7) is -0.515. The van der Waals surface area contributed by atoms with E-state index in [4.69, 9.17) is 22.6 Å². The number of hydrogen-bond donors (Lipinski definition) is 2. The van der Waals surface area contributed by atoms with Crippen molar-refractivity contribution in [2.24, 2.45) is 5.73 Å².